The van der Waals surface area contributed by atoms with E-state index in [-0.39, 0.29) is 44.8 Å². The minimum atomic E-state index is -1.38. The minimum Gasteiger partial charge on any atom is -0.478 e. The third-order valence-electron chi connectivity index (χ3n) is 4.08. The Hall–Kier alpha value is -2.48. The van der Waals surface area contributed by atoms with Crippen LogP contribution >= 0.6 is 11.6 Å². The van der Waals surface area contributed by atoms with Crippen LogP contribution in [0.5, 0.6) is 5.75 Å². The molecule has 1 aromatic rings. The summed E-state index contributed by atoms with van der Waals surface area (Å²) in [5.41, 5.74) is 3.56. The largest absolute Gasteiger partial charge is 0.478 e. The molecule has 0 atom stereocenters. The van der Waals surface area contributed by atoms with E-state index in [0.717, 1.165) is 0 Å². The summed E-state index contributed by atoms with van der Waals surface area (Å²) in [5.74, 6) is -0.818. The molecule has 4 N–H and O–H groups in total. The van der Waals surface area contributed by atoms with Gasteiger partial charge in [-0.05, 0) is 24.3 Å². The van der Waals surface area contributed by atoms with E-state index >= 15 is 0 Å². The van der Waals surface area contributed by atoms with Crippen LogP contribution in [0.1, 0.15) is 19.3 Å². The number of hydrogen-bond donors (Lipinski definition) is 3. The van der Waals surface area contributed by atoms with Crippen LogP contribution < -0.4 is 15.8 Å². The number of nitrogens with two attached hydrogens (primary N) is 1. The van der Waals surface area contributed by atoms with Gasteiger partial charge in [0.25, 0.3) is 0 Å². The van der Waals surface area contributed by atoms with Gasteiger partial charge in [-0.25, -0.2) is 9.59 Å². The highest BCUT2D eigenvalue weighted by atomic mass is 35.5. The molecule has 25 heavy (non-hydrogen) atoms. The van der Waals surface area contributed by atoms with Crippen LogP contribution in [0.2, 0.25) is 5.02 Å². The predicted octanol–water partition coefficient (Wildman–Crippen LogP) is 1.22. The molecule has 3 amide bonds. The molecule has 136 valence electrons. The van der Waals surface area contributed by atoms with Gasteiger partial charge in [0.15, 0.2) is 0 Å². The zero-order valence-electron chi connectivity index (χ0n) is 13.5. The Morgan fingerprint density at radius 1 is 1.24 bits per heavy atom. The molecule has 1 fully saturated rings. The number of rotatable bonds is 6. The number of nitrogens with one attached hydrogen (secondary N) is 1. The Bertz CT molecular complexity index is 642. The van der Waals surface area contributed by atoms with E-state index in [1.165, 1.54) is 0 Å². The van der Waals surface area contributed by atoms with E-state index in [1.54, 1.807) is 29.2 Å². The highest BCUT2D eigenvalue weighted by molar-refractivity contribution is 6.30. The molecule has 0 unspecified atom stereocenters. The second-order valence-electron chi connectivity index (χ2n) is 5.78. The van der Waals surface area contributed by atoms with Gasteiger partial charge in [-0.1, -0.05) is 11.6 Å². The SMILES string of the molecule is NC(=O)NCCC(=O)N1CCC(Oc2ccc(Cl)cc2)(C(=O)O)CC1. The van der Waals surface area contributed by atoms with Gasteiger partial charge in [-0.3, -0.25) is 4.79 Å². The number of piperidine rings is 1. The van der Waals surface area contributed by atoms with Crippen molar-refractivity contribution in [3.05, 3.63) is 29.3 Å². The molecule has 0 bridgehead atoms. The number of halogens is 1. The van der Waals surface area contributed by atoms with Crippen molar-refractivity contribution in [2.45, 2.75) is 24.9 Å². The predicted molar refractivity (Wildman–Crippen MR) is 90.5 cm³/mol. The normalized spacial score (nSPS) is 16.1. The molecule has 1 aromatic carbocycles. The minimum absolute atomic E-state index is 0.112. The number of aliphatic carboxylic acids is 1. The molecule has 2 rings (SSSR count). The lowest BCUT2D eigenvalue weighted by Gasteiger charge is -2.39. The molecule has 1 aliphatic rings. The lowest BCUT2D eigenvalue weighted by molar-refractivity contribution is -0.161. The molecular weight excluding hydrogens is 350 g/mol. The van der Waals surface area contributed by atoms with Gasteiger partial charge >= 0.3 is 12.0 Å². The van der Waals surface area contributed by atoms with E-state index in [4.69, 9.17) is 22.1 Å². The monoisotopic (exact) mass is 369 g/mol. The maximum atomic E-state index is 12.1. The number of amides is 3. The number of carboxylic acids is 1. The first-order chi connectivity index (χ1) is 11.8. The molecule has 8 nitrogen and oxygen atoms in total. The van der Waals surface area contributed by atoms with Gasteiger partial charge in [0.1, 0.15) is 5.75 Å². The summed E-state index contributed by atoms with van der Waals surface area (Å²) in [7, 11) is 0. The molecule has 0 radical (unpaired) electrons. The number of benzene rings is 1. The quantitative estimate of drug-likeness (QED) is 0.696. The van der Waals surface area contributed by atoms with Crippen LogP contribution in [-0.4, -0.2) is 53.1 Å². The maximum Gasteiger partial charge on any atom is 0.348 e. The number of carbonyl (C=O) groups is 3. The van der Waals surface area contributed by atoms with Gasteiger partial charge in [0.05, 0.1) is 0 Å². The van der Waals surface area contributed by atoms with Gasteiger partial charge in [-0.2, -0.15) is 0 Å². The van der Waals surface area contributed by atoms with Crippen LogP contribution in [-0.2, 0) is 9.59 Å². The summed E-state index contributed by atoms with van der Waals surface area (Å²) < 4.78 is 5.73. The van der Waals surface area contributed by atoms with Crippen molar-refractivity contribution in [1.82, 2.24) is 10.2 Å². The first kappa shape index (κ1) is 18.9. The molecule has 1 aliphatic heterocycles. The Morgan fingerprint density at radius 2 is 1.84 bits per heavy atom. The zero-order chi connectivity index (χ0) is 18.4. The fourth-order valence-corrected chi connectivity index (χ4v) is 2.78. The number of carbonyl (C=O) groups excluding carboxylic acids is 2. The Morgan fingerprint density at radius 3 is 2.36 bits per heavy atom. The highest BCUT2D eigenvalue weighted by Gasteiger charge is 2.44. The first-order valence-corrected chi connectivity index (χ1v) is 8.19. The Kier molecular flexibility index (Phi) is 6.08. The molecule has 1 saturated heterocycles. The number of nitrogens with zero attached hydrogens (tertiary/aromatic N) is 1. The van der Waals surface area contributed by atoms with E-state index in [0.29, 0.717) is 10.8 Å². The smallest absolute Gasteiger partial charge is 0.348 e. The molecule has 9 heteroatoms. The van der Waals surface area contributed by atoms with Crippen LogP contribution in [0, 0.1) is 0 Å². The summed E-state index contributed by atoms with van der Waals surface area (Å²) in [6, 6.07) is 5.78. The van der Waals surface area contributed by atoms with E-state index < -0.39 is 17.6 Å². The van der Waals surface area contributed by atoms with Crippen LogP contribution in [0.15, 0.2) is 24.3 Å². The van der Waals surface area contributed by atoms with Crippen molar-refractivity contribution < 1.29 is 24.2 Å². The van der Waals surface area contributed by atoms with Gasteiger partial charge in [0, 0.05) is 43.9 Å². The highest BCUT2D eigenvalue weighted by Crippen LogP contribution is 2.30. The summed E-state index contributed by atoms with van der Waals surface area (Å²) in [5, 5.41) is 12.5. The summed E-state index contributed by atoms with van der Waals surface area (Å²) >= 11 is 5.82. The molecular formula is C16H20ClN3O5. The van der Waals surface area contributed by atoms with Crippen molar-refractivity contribution in [1.29, 1.82) is 0 Å². The van der Waals surface area contributed by atoms with Gasteiger partial charge in [0.2, 0.25) is 11.5 Å². The molecule has 0 aromatic heterocycles. The molecule has 0 spiro atoms. The number of urea groups is 1. The van der Waals surface area contributed by atoms with Crippen molar-refractivity contribution >= 4 is 29.5 Å². The Labute approximate surface area is 149 Å². The average Bonchev–Trinajstić information content (AvgIpc) is 2.57. The van der Waals surface area contributed by atoms with Crippen LogP contribution in [0.25, 0.3) is 0 Å². The van der Waals surface area contributed by atoms with Crippen LogP contribution in [0.3, 0.4) is 0 Å². The summed E-state index contributed by atoms with van der Waals surface area (Å²) in [4.78, 5) is 36.0. The van der Waals surface area contributed by atoms with Crippen molar-refractivity contribution in [2.75, 3.05) is 19.6 Å². The van der Waals surface area contributed by atoms with Gasteiger partial charge < -0.3 is 25.8 Å². The number of carboxylic acid groups (broad SMARTS) is 1. The zero-order valence-corrected chi connectivity index (χ0v) is 14.3. The molecule has 1 heterocycles. The lowest BCUT2D eigenvalue weighted by Crippen LogP contribution is -2.54. The van der Waals surface area contributed by atoms with Crippen molar-refractivity contribution in [2.24, 2.45) is 5.73 Å². The van der Waals surface area contributed by atoms with Crippen LogP contribution in [0.4, 0.5) is 4.79 Å². The number of hydrogen-bond acceptors (Lipinski definition) is 4. The topological polar surface area (TPSA) is 122 Å². The standard InChI is InChI=1S/C16H20ClN3O5/c17-11-1-3-12(4-2-11)25-16(14(22)23)6-9-20(10-7-16)13(21)5-8-19-15(18)24/h1-4H,5-10H2,(H,22,23)(H3,18,19,24). The summed E-state index contributed by atoms with van der Waals surface area (Å²) in [6.07, 6.45) is 0.445. The third-order valence-corrected chi connectivity index (χ3v) is 4.33. The number of primary amides is 1. The van der Waals surface area contributed by atoms with E-state index in [1.807, 2.05) is 0 Å². The second-order valence-corrected chi connectivity index (χ2v) is 6.21. The van der Waals surface area contributed by atoms with E-state index in [9.17, 15) is 19.5 Å². The number of ether oxygens (including phenoxy) is 1. The third kappa shape index (κ3) is 4.99. The maximum absolute atomic E-state index is 12.1. The first-order valence-electron chi connectivity index (χ1n) is 7.81. The van der Waals surface area contributed by atoms with E-state index in [2.05, 4.69) is 5.32 Å². The molecule has 0 saturated carbocycles. The van der Waals surface area contributed by atoms with Crippen molar-refractivity contribution in [3.63, 3.8) is 0 Å². The summed E-state index contributed by atoms with van der Waals surface area (Å²) in [6.45, 7) is 0.667. The average molecular weight is 370 g/mol. The van der Waals surface area contributed by atoms with Crippen molar-refractivity contribution in [3.8, 4) is 5.75 Å². The second kappa shape index (κ2) is 8.06. The van der Waals surface area contributed by atoms with Gasteiger partial charge in [-0.15, -0.1) is 0 Å². The fourth-order valence-electron chi connectivity index (χ4n) is 2.66. The number of likely N-dealkylation sites (tertiary alicyclic amines) is 1. The lowest BCUT2D eigenvalue weighted by atomic mass is 9.91. The Balaban J connectivity index is 1.95. The fraction of sp³-hybridized carbons (Fsp3) is 0.438. The molecule has 0 aliphatic carbocycles.